The maximum absolute atomic E-state index is 11.4. The Hall–Kier alpha value is -0.890. The lowest BCUT2D eigenvalue weighted by molar-refractivity contribution is -0.139. The minimum atomic E-state index is -0.596. The van der Waals surface area contributed by atoms with Gasteiger partial charge in [0, 0.05) is 10.0 Å². The number of rotatable bonds is 4. The summed E-state index contributed by atoms with van der Waals surface area (Å²) in [5.41, 5.74) is 0.720. The molecule has 1 aromatic carbocycles. The summed E-state index contributed by atoms with van der Waals surface area (Å²) in [6.07, 6.45) is 0.310. The van der Waals surface area contributed by atoms with E-state index < -0.39 is 11.2 Å². The van der Waals surface area contributed by atoms with Crippen molar-refractivity contribution in [3.05, 3.63) is 33.8 Å². The summed E-state index contributed by atoms with van der Waals surface area (Å²) in [5, 5.41) is 11.0. The molecule has 0 bridgehead atoms. The molecule has 90 valence electrons. The number of carbonyl (C=O) groups is 1. The van der Waals surface area contributed by atoms with Crippen LogP contribution in [0.5, 0.6) is 0 Å². The number of ether oxygens (including phenoxy) is 1. The number of thiocyanates is 1. The number of carbonyl (C=O) groups excluding carboxylic acids is 1. The molecule has 0 aromatic heterocycles. The number of nitrogens with zero attached hydrogens (tertiary/aromatic N) is 1. The van der Waals surface area contributed by atoms with E-state index in [2.05, 4.69) is 4.74 Å². The van der Waals surface area contributed by atoms with Gasteiger partial charge in [0.2, 0.25) is 0 Å². The summed E-state index contributed by atoms with van der Waals surface area (Å²) in [4.78, 5) is 11.4. The smallest absolute Gasteiger partial charge is 0.320 e. The van der Waals surface area contributed by atoms with Crippen molar-refractivity contribution in [3.8, 4) is 5.40 Å². The van der Waals surface area contributed by atoms with Crippen molar-refractivity contribution in [2.24, 2.45) is 0 Å². The molecule has 0 aliphatic heterocycles. The maximum atomic E-state index is 11.4. The van der Waals surface area contributed by atoms with Crippen LogP contribution in [0, 0.1) is 10.7 Å². The Bertz CT molecular complexity index is 459. The predicted molar refractivity (Wildman–Crippen MR) is 69.2 cm³/mol. The first-order valence-corrected chi connectivity index (χ1v) is 6.28. The molecule has 1 atom stereocenters. The van der Waals surface area contributed by atoms with E-state index in [1.54, 1.807) is 18.2 Å². The third kappa shape index (κ3) is 4.12. The zero-order valence-electron chi connectivity index (χ0n) is 8.94. The third-order valence-electron chi connectivity index (χ3n) is 2.07. The fraction of sp³-hybridized carbons (Fsp3) is 0.273. The SMILES string of the molecule is COC(=O)[C@@H](Cc1cc(Cl)ccc1Cl)SC#N. The summed E-state index contributed by atoms with van der Waals surface area (Å²) in [6, 6.07) is 5.00. The van der Waals surface area contributed by atoms with Crippen molar-refractivity contribution >= 4 is 40.9 Å². The van der Waals surface area contributed by atoms with E-state index in [-0.39, 0.29) is 0 Å². The minimum absolute atomic E-state index is 0.310. The quantitative estimate of drug-likeness (QED) is 0.630. The van der Waals surface area contributed by atoms with Crippen molar-refractivity contribution < 1.29 is 9.53 Å². The minimum Gasteiger partial charge on any atom is -0.468 e. The van der Waals surface area contributed by atoms with E-state index in [4.69, 9.17) is 28.5 Å². The summed E-state index contributed by atoms with van der Waals surface area (Å²) >= 11 is 12.7. The first kappa shape index (κ1) is 14.2. The fourth-order valence-electron chi connectivity index (χ4n) is 1.27. The Kier molecular flexibility index (Phi) is 5.63. The molecule has 0 spiro atoms. The molecular weight excluding hydrogens is 281 g/mol. The van der Waals surface area contributed by atoms with Crippen LogP contribution in [0.2, 0.25) is 10.0 Å². The van der Waals surface area contributed by atoms with Crippen molar-refractivity contribution in [2.75, 3.05) is 7.11 Å². The van der Waals surface area contributed by atoms with Crippen LogP contribution in [-0.2, 0) is 16.0 Å². The molecule has 1 aromatic rings. The molecule has 0 unspecified atom stereocenters. The third-order valence-corrected chi connectivity index (χ3v) is 3.42. The van der Waals surface area contributed by atoms with E-state index in [9.17, 15) is 4.79 Å². The molecule has 0 amide bonds. The second-order valence-corrected chi connectivity index (χ2v) is 4.99. The van der Waals surface area contributed by atoms with Crippen molar-refractivity contribution in [1.82, 2.24) is 0 Å². The average Bonchev–Trinajstić information content (AvgIpc) is 2.32. The summed E-state index contributed by atoms with van der Waals surface area (Å²) in [6.45, 7) is 0. The number of esters is 1. The van der Waals surface area contributed by atoms with Crippen LogP contribution in [0.1, 0.15) is 5.56 Å². The van der Waals surface area contributed by atoms with Crippen LogP contribution < -0.4 is 0 Å². The predicted octanol–water partition coefficient (Wildman–Crippen LogP) is 3.29. The van der Waals surface area contributed by atoms with Crippen LogP contribution >= 0.6 is 35.0 Å². The highest BCUT2D eigenvalue weighted by Crippen LogP contribution is 2.25. The number of nitriles is 1. The largest absolute Gasteiger partial charge is 0.468 e. The van der Waals surface area contributed by atoms with Gasteiger partial charge in [-0.25, -0.2) is 0 Å². The number of benzene rings is 1. The Balaban J connectivity index is 2.89. The summed E-state index contributed by atoms with van der Waals surface area (Å²) in [5.74, 6) is -0.451. The molecule has 0 saturated carbocycles. The molecule has 0 aliphatic rings. The van der Waals surface area contributed by atoms with Gasteiger partial charge >= 0.3 is 5.97 Å². The molecular formula is C11H9Cl2NO2S. The topological polar surface area (TPSA) is 50.1 Å². The van der Waals surface area contributed by atoms with E-state index in [1.165, 1.54) is 7.11 Å². The highest BCUT2D eigenvalue weighted by atomic mass is 35.5. The zero-order chi connectivity index (χ0) is 12.8. The molecule has 6 heteroatoms. The molecule has 0 fully saturated rings. The Labute approximate surface area is 114 Å². The number of hydrogen-bond acceptors (Lipinski definition) is 4. The number of hydrogen-bond donors (Lipinski definition) is 0. The van der Waals surface area contributed by atoms with Crippen molar-refractivity contribution in [3.63, 3.8) is 0 Å². The summed E-state index contributed by atoms with van der Waals surface area (Å²) in [7, 11) is 1.28. The molecule has 0 aliphatic carbocycles. The van der Waals surface area contributed by atoms with Crippen molar-refractivity contribution in [1.29, 1.82) is 5.26 Å². The fourth-order valence-corrected chi connectivity index (χ4v) is 2.24. The number of halogens is 2. The van der Waals surface area contributed by atoms with Crippen LogP contribution in [0.25, 0.3) is 0 Å². The number of thioether (sulfide) groups is 1. The zero-order valence-corrected chi connectivity index (χ0v) is 11.3. The van der Waals surface area contributed by atoms with E-state index in [1.807, 2.05) is 5.40 Å². The van der Waals surface area contributed by atoms with Crippen LogP contribution in [0.15, 0.2) is 18.2 Å². The maximum Gasteiger partial charge on any atom is 0.320 e. The lowest BCUT2D eigenvalue weighted by atomic mass is 10.1. The second-order valence-electron chi connectivity index (χ2n) is 3.16. The van der Waals surface area contributed by atoms with Gasteiger partial charge in [-0.15, -0.1) is 0 Å². The van der Waals surface area contributed by atoms with Crippen LogP contribution in [0.4, 0.5) is 0 Å². The van der Waals surface area contributed by atoms with Gasteiger partial charge in [-0.2, -0.15) is 5.26 Å². The lowest BCUT2D eigenvalue weighted by Gasteiger charge is -2.11. The Morgan fingerprint density at radius 3 is 2.88 bits per heavy atom. The average molecular weight is 290 g/mol. The highest BCUT2D eigenvalue weighted by molar-refractivity contribution is 8.04. The first-order chi connectivity index (χ1) is 8.08. The highest BCUT2D eigenvalue weighted by Gasteiger charge is 2.21. The lowest BCUT2D eigenvalue weighted by Crippen LogP contribution is -2.21. The van der Waals surface area contributed by atoms with Crippen molar-refractivity contribution in [2.45, 2.75) is 11.7 Å². The molecule has 17 heavy (non-hydrogen) atoms. The summed E-state index contributed by atoms with van der Waals surface area (Å²) < 4.78 is 4.62. The van der Waals surface area contributed by atoms with Gasteiger partial charge in [-0.3, -0.25) is 4.79 Å². The van der Waals surface area contributed by atoms with Gasteiger partial charge in [0.1, 0.15) is 10.7 Å². The molecule has 0 radical (unpaired) electrons. The van der Waals surface area contributed by atoms with Gasteiger partial charge in [0.15, 0.2) is 0 Å². The Morgan fingerprint density at radius 2 is 2.29 bits per heavy atom. The van der Waals surface area contributed by atoms with Crippen LogP contribution in [-0.4, -0.2) is 18.3 Å². The second kappa shape index (κ2) is 6.75. The standard InChI is InChI=1S/C11H9Cl2NO2S/c1-16-11(15)10(17-6-14)5-7-4-8(12)2-3-9(7)13/h2-4,10H,5H2,1H3/t10-/m1/s1. The van der Waals surface area contributed by atoms with Gasteiger partial charge in [0.05, 0.1) is 7.11 Å². The Morgan fingerprint density at radius 1 is 1.59 bits per heavy atom. The molecule has 0 heterocycles. The van der Waals surface area contributed by atoms with Gasteiger partial charge < -0.3 is 4.74 Å². The molecule has 1 rings (SSSR count). The van der Waals surface area contributed by atoms with E-state index in [0.717, 1.165) is 17.3 Å². The first-order valence-electron chi connectivity index (χ1n) is 4.65. The van der Waals surface area contributed by atoms with Gasteiger partial charge in [-0.1, -0.05) is 23.2 Å². The van der Waals surface area contributed by atoms with Crippen LogP contribution in [0.3, 0.4) is 0 Å². The molecule has 0 saturated heterocycles. The van der Waals surface area contributed by atoms with E-state index in [0.29, 0.717) is 16.5 Å². The molecule has 0 N–H and O–H groups in total. The molecule has 3 nitrogen and oxygen atoms in total. The van der Waals surface area contributed by atoms with Gasteiger partial charge in [0.25, 0.3) is 0 Å². The van der Waals surface area contributed by atoms with E-state index >= 15 is 0 Å². The number of methoxy groups -OCH3 is 1. The normalized spacial score (nSPS) is 11.6. The monoisotopic (exact) mass is 289 g/mol. The van der Waals surface area contributed by atoms with Gasteiger partial charge in [-0.05, 0) is 41.9 Å².